The molecule has 1 saturated heterocycles. The molecule has 27 heavy (non-hydrogen) atoms. The predicted octanol–water partition coefficient (Wildman–Crippen LogP) is 2.76. The molecular formula is C18H15F4N3O2. The van der Waals surface area contributed by atoms with E-state index < -0.39 is 36.4 Å². The number of rotatable bonds is 2. The minimum absolute atomic E-state index is 0.114. The van der Waals surface area contributed by atoms with Gasteiger partial charge in [0, 0.05) is 5.56 Å². The molecule has 1 atom stereocenters. The zero-order chi connectivity index (χ0) is 19.6. The third-order valence-electron chi connectivity index (χ3n) is 5.13. The first-order valence-corrected chi connectivity index (χ1v) is 8.10. The number of alkyl halides is 4. The summed E-state index contributed by atoms with van der Waals surface area (Å²) in [5.74, 6) is -9.45. The number of carbonyl (C=O) groups is 1. The molecule has 2 aromatic rings. The van der Waals surface area contributed by atoms with Gasteiger partial charge in [0.05, 0.1) is 24.5 Å². The zero-order valence-corrected chi connectivity index (χ0v) is 13.8. The van der Waals surface area contributed by atoms with Gasteiger partial charge in [-0.2, -0.15) is 17.6 Å². The molecule has 5 nitrogen and oxygen atoms in total. The number of nitrogens with one attached hydrogen (secondary N) is 1. The van der Waals surface area contributed by atoms with Crippen molar-refractivity contribution in [1.29, 1.82) is 0 Å². The first kappa shape index (κ1) is 17.6. The van der Waals surface area contributed by atoms with Crippen LogP contribution in [0.2, 0.25) is 0 Å². The van der Waals surface area contributed by atoms with Gasteiger partial charge in [0.25, 0.3) is 5.91 Å². The minimum atomic E-state index is -4.29. The van der Waals surface area contributed by atoms with Crippen LogP contribution >= 0.6 is 0 Å². The summed E-state index contributed by atoms with van der Waals surface area (Å²) in [6, 6.07) is 9.76. The van der Waals surface area contributed by atoms with Crippen LogP contribution in [0.15, 0.2) is 42.5 Å². The number of phenolic OH excluding ortho intramolecular Hbond substituents is 1. The lowest BCUT2D eigenvalue weighted by atomic mass is 9.82. The summed E-state index contributed by atoms with van der Waals surface area (Å²) in [5, 5.41) is 12.1. The lowest BCUT2D eigenvalue weighted by Gasteiger charge is -2.37. The molecule has 0 aliphatic carbocycles. The third-order valence-corrected chi connectivity index (χ3v) is 5.13. The van der Waals surface area contributed by atoms with E-state index in [1.54, 1.807) is 0 Å². The van der Waals surface area contributed by atoms with Gasteiger partial charge in [0.1, 0.15) is 5.75 Å². The van der Waals surface area contributed by atoms with E-state index >= 15 is 0 Å². The van der Waals surface area contributed by atoms with E-state index in [9.17, 15) is 27.5 Å². The van der Waals surface area contributed by atoms with Crippen LogP contribution in [0.4, 0.5) is 28.9 Å². The van der Waals surface area contributed by atoms with Gasteiger partial charge in [-0.15, -0.1) is 0 Å². The first-order valence-electron chi connectivity index (χ1n) is 8.10. The third kappa shape index (κ3) is 2.24. The lowest BCUT2D eigenvalue weighted by molar-refractivity contribution is -0.172. The van der Waals surface area contributed by atoms with Gasteiger partial charge < -0.3 is 16.2 Å². The Kier molecular flexibility index (Phi) is 3.49. The van der Waals surface area contributed by atoms with Gasteiger partial charge in [-0.1, -0.05) is 24.3 Å². The molecule has 4 rings (SSSR count). The minimum Gasteiger partial charge on any atom is -0.508 e. The summed E-state index contributed by atoms with van der Waals surface area (Å²) in [6.07, 6.45) is 0. The molecule has 1 amide bonds. The number of nitrogen functional groups attached to an aromatic ring is 1. The summed E-state index contributed by atoms with van der Waals surface area (Å²) >= 11 is 0. The number of halogens is 4. The lowest BCUT2D eigenvalue weighted by Crippen LogP contribution is -2.51. The number of carbonyl (C=O) groups excluding carboxylic acids is 1. The fourth-order valence-electron chi connectivity index (χ4n) is 3.83. The van der Waals surface area contributed by atoms with Crippen molar-refractivity contribution in [3.8, 4) is 5.75 Å². The highest BCUT2D eigenvalue weighted by atomic mass is 19.3. The number of fused-ring (bicyclic) bond motifs is 1. The molecule has 0 spiro atoms. The highest BCUT2D eigenvalue weighted by Crippen LogP contribution is 2.53. The average molecular weight is 381 g/mol. The maximum Gasteiger partial charge on any atom is 0.323 e. The normalized spacial score (nSPS) is 26.0. The van der Waals surface area contributed by atoms with E-state index in [1.165, 1.54) is 42.5 Å². The maximum atomic E-state index is 14.0. The predicted molar refractivity (Wildman–Crippen MR) is 89.8 cm³/mol. The summed E-state index contributed by atoms with van der Waals surface area (Å²) in [6.45, 7) is -2.61. The van der Waals surface area contributed by atoms with E-state index in [4.69, 9.17) is 5.73 Å². The fraction of sp³-hybridized carbons (Fsp3) is 0.278. The van der Waals surface area contributed by atoms with Crippen molar-refractivity contribution >= 4 is 17.3 Å². The number of nitrogens with two attached hydrogens (primary N) is 1. The van der Waals surface area contributed by atoms with E-state index in [0.717, 1.165) is 4.90 Å². The molecule has 4 N–H and O–H groups in total. The molecule has 2 heterocycles. The van der Waals surface area contributed by atoms with Crippen LogP contribution < -0.4 is 11.1 Å². The number of likely N-dealkylation sites (tertiary alicyclic amines) is 1. The van der Waals surface area contributed by atoms with Gasteiger partial charge in [0.15, 0.2) is 5.54 Å². The molecular weight excluding hydrogens is 366 g/mol. The Morgan fingerprint density at radius 3 is 2.19 bits per heavy atom. The molecule has 2 aliphatic rings. The van der Waals surface area contributed by atoms with Crippen molar-refractivity contribution in [3.05, 3.63) is 53.6 Å². The number of nitrogens with zero attached hydrogens (tertiary/aromatic N) is 1. The summed E-state index contributed by atoms with van der Waals surface area (Å²) < 4.78 is 55.9. The van der Waals surface area contributed by atoms with Gasteiger partial charge >= 0.3 is 11.8 Å². The maximum absolute atomic E-state index is 14.0. The number of hydrogen-bond acceptors (Lipinski definition) is 4. The second kappa shape index (κ2) is 5.35. The summed E-state index contributed by atoms with van der Waals surface area (Å²) in [5.41, 5.74) is 4.77. The Bertz CT molecular complexity index is 917. The van der Waals surface area contributed by atoms with Crippen LogP contribution in [0.1, 0.15) is 11.1 Å². The average Bonchev–Trinajstić information content (AvgIpc) is 3.00. The Morgan fingerprint density at radius 1 is 1.00 bits per heavy atom. The second-order valence-electron chi connectivity index (χ2n) is 6.75. The molecule has 0 saturated carbocycles. The topological polar surface area (TPSA) is 78.6 Å². The zero-order valence-electron chi connectivity index (χ0n) is 13.8. The number of anilines is 2. The van der Waals surface area contributed by atoms with E-state index in [2.05, 4.69) is 5.32 Å². The van der Waals surface area contributed by atoms with Gasteiger partial charge in [-0.25, -0.2) is 0 Å². The van der Waals surface area contributed by atoms with E-state index in [-0.39, 0.29) is 28.3 Å². The Hall–Kier alpha value is -2.81. The van der Waals surface area contributed by atoms with E-state index in [0.29, 0.717) is 0 Å². The Labute approximate surface area is 151 Å². The first-order chi connectivity index (χ1) is 12.6. The monoisotopic (exact) mass is 381 g/mol. The van der Waals surface area contributed by atoms with Crippen molar-refractivity contribution < 1.29 is 27.5 Å². The van der Waals surface area contributed by atoms with Crippen molar-refractivity contribution in [2.24, 2.45) is 0 Å². The van der Waals surface area contributed by atoms with Crippen molar-refractivity contribution in [1.82, 2.24) is 4.90 Å². The van der Waals surface area contributed by atoms with Crippen molar-refractivity contribution in [2.45, 2.75) is 17.4 Å². The van der Waals surface area contributed by atoms with Crippen LogP contribution in [0.5, 0.6) is 5.75 Å². The number of aromatic hydroxyl groups is 1. The molecule has 0 radical (unpaired) electrons. The standard InChI is InChI=1S/C18H15F4N3O2/c19-16(20)8-25(9-17(16,21)22)18(10-4-6-11(26)7-5-10)12-2-1-3-13(23)14(12)24-15(18)27/h1-7,26H,8-9,23H2,(H,24,27). The molecule has 0 aromatic heterocycles. The highest BCUT2D eigenvalue weighted by molar-refractivity contribution is 6.10. The van der Waals surface area contributed by atoms with Crippen LogP contribution in [0.3, 0.4) is 0 Å². The highest BCUT2D eigenvalue weighted by Gasteiger charge is 2.68. The summed E-state index contributed by atoms with van der Waals surface area (Å²) in [4.78, 5) is 13.8. The van der Waals surface area contributed by atoms with Crippen molar-refractivity contribution in [2.75, 3.05) is 24.1 Å². The second-order valence-corrected chi connectivity index (χ2v) is 6.75. The number of amides is 1. The number of benzene rings is 2. The SMILES string of the molecule is Nc1cccc2c1NC(=O)C2(c1ccc(O)cc1)N1CC(F)(F)C(F)(F)C1. The molecule has 1 fully saturated rings. The largest absolute Gasteiger partial charge is 0.508 e. The Balaban J connectivity index is 1.98. The molecule has 0 bridgehead atoms. The van der Waals surface area contributed by atoms with Gasteiger partial charge in [-0.05, 0) is 23.8 Å². The van der Waals surface area contributed by atoms with Crippen LogP contribution in [-0.2, 0) is 10.3 Å². The number of para-hydroxylation sites is 1. The van der Waals surface area contributed by atoms with Gasteiger partial charge in [-0.3, -0.25) is 9.69 Å². The molecule has 2 aromatic carbocycles. The number of hydrogen-bond donors (Lipinski definition) is 3. The molecule has 2 aliphatic heterocycles. The Morgan fingerprint density at radius 2 is 1.59 bits per heavy atom. The smallest absolute Gasteiger partial charge is 0.323 e. The number of phenols is 1. The van der Waals surface area contributed by atoms with Gasteiger partial charge in [0.2, 0.25) is 0 Å². The molecule has 142 valence electrons. The van der Waals surface area contributed by atoms with Crippen LogP contribution in [-0.4, -0.2) is 40.8 Å². The molecule has 1 unspecified atom stereocenters. The quantitative estimate of drug-likeness (QED) is 0.552. The fourth-order valence-corrected chi connectivity index (χ4v) is 3.83. The summed E-state index contributed by atoms with van der Waals surface area (Å²) in [7, 11) is 0. The van der Waals surface area contributed by atoms with Crippen LogP contribution in [0.25, 0.3) is 0 Å². The van der Waals surface area contributed by atoms with E-state index in [1.807, 2.05) is 0 Å². The molecule has 9 heteroatoms. The van der Waals surface area contributed by atoms with Crippen LogP contribution in [0, 0.1) is 0 Å². The van der Waals surface area contributed by atoms with Crippen molar-refractivity contribution in [3.63, 3.8) is 0 Å².